The highest BCUT2D eigenvalue weighted by atomic mass is 16.7. The summed E-state index contributed by atoms with van der Waals surface area (Å²) in [6, 6.07) is 0. The largest absolute Gasteiger partial charge is 0.457 e. The van der Waals surface area contributed by atoms with Crippen molar-refractivity contribution in [2.24, 2.45) is 0 Å². The number of hydrogen-bond acceptors (Lipinski definition) is 14. The Balaban J connectivity index is 1.70. The second-order valence-corrected chi connectivity index (χ2v) is 21.2. The predicted octanol–water partition coefficient (Wildman–Crippen LogP) is 10.6. The van der Waals surface area contributed by atoms with Crippen LogP contribution in [-0.2, 0) is 33.2 Å². The molecule has 0 amide bonds. The molecule has 14 heteroatoms. The number of unbranched alkanes of at least 4 members (excludes halogenated alkanes) is 33. The molecule has 7 N–H and O–H groups in total. The molecule has 14 nitrogen and oxygen atoms in total. The van der Waals surface area contributed by atoms with Gasteiger partial charge < -0.3 is 64.2 Å². The molecule has 2 saturated heterocycles. The maximum absolute atomic E-state index is 13.1. The quantitative estimate of drug-likeness (QED) is 0.0172. The molecule has 0 spiro atoms. The van der Waals surface area contributed by atoms with Crippen molar-refractivity contribution < 1.29 is 69.0 Å². The van der Waals surface area contributed by atoms with E-state index in [0.717, 1.165) is 44.9 Å². The van der Waals surface area contributed by atoms with E-state index in [0.29, 0.717) is 13.0 Å². The second-order valence-electron chi connectivity index (χ2n) is 21.2. The summed E-state index contributed by atoms with van der Waals surface area (Å²) in [5, 5.41) is 72.3. The van der Waals surface area contributed by atoms with Gasteiger partial charge in [0.1, 0.15) is 54.9 Å². The second kappa shape index (κ2) is 45.9. The number of esters is 1. The zero-order valence-corrected chi connectivity index (χ0v) is 45.7. The van der Waals surface area contributed by atoms with Crippen molar-refractivity contribution in [1.29, 1.82) is 0 Å². The summed E-state index contributed by atoms with van der Waals surface area (Å²) in [7, 11) is 0. The lowest BCUT2D eigenvalue weighted by Gasteiger charge is -2.42. The van der Waals surface area contributed by atoms with Crippen LogP contribution in [0.25, 0.3) is 0 Å². The van der Waals surface area contributed by atoms with E-state index in [4.69, 9.17) is 28.4 Å². The minimum absolute atomic E-state index is 0.0663. The Bertz CT molecular complexity index is 1240. The normalized spacial score (nSPS) is 25.1. The fourth-order valence-electron chi connectivity index (χ4n) is 9.69. The molecule has 2 rings (SSSR count). The molecule has 0 aromatic carbocycles. The van der Waals surface area contributed by atoms with Crippen LogP contribution in [0.5, 0.6) is 0 Å². The molecule has 0 aromatic heterocycles. The Morgan fingerprint density at radius 3 is 1.26 bits per heavy atom. The summed E-state index contributed by atoms with van der Waals surface area (Å²) >= 11 is 0. The molecule has 2 aliphatic heterocycles. The maximum Gasteiger partial charge on any atom is 0.306 e. The van der Waals surface area contributed by atoms with Crippen molar-refractivity contribution >= 4 is 5.97 Å². The Hall–Kier alpha value is -1.27. The van der Waals surface area contributed by atoms with Gasteiger partial charge in [-0.1, -0.05) is 219 Å². The average Bonchev–Trinajstić information content (AvgIpc) is 3.38. The van der Waals surface area contributed by atoms with Crippen LogP contribution in [0.15, 0.2) is 12.2 Å². The third-order valence-corrected chi connectivity index (χ3v) is 14.5. The number of ether oxygens (including phenoxy) is 6. The van der Waals surface area contributed by atoms with E-state index >= 15 is 0 Å². The van der Waals surface area contributed by atoms with Gasteiger partial charge in [0.2, 0.25) is 0 Å². The van der Waals surface area contributed by atoms with Crippen molar-refractivity contribution in [3.8, 4) is 0 Å². The number of rotatable bonds is 49. The van der Waals surface area contributed by atoms with E-state index in [-0.39, 0.29) is 25.6 Å². The van der Waals surface area contributed by atoms with E-state index < -0.39 is 80.7 Å². The van der Waals surface area contributed by atoms with Crippen LogP contribution >= 0.6 is 0 Å². The zero-order valence-electron chi connectivity index (χ0n) is 45.7. The van der Waals surface area contributed by atoms with Gasteiger partial charge in [0.05, 0.1) is 26.4 Å². The third kappa shape index (κ3) is 32.3. The number of carbonyl (C=O) groups is 1. The Kier molecular flexibility index (Phi) is 42.6. The first-order chi connectivity index (χ1) is 35.1. The number of allylic oxidation sites excluding steroid dienone is 2. The topological polar surface area (TPSA) is 214 Å². The molecule has 0 aliphatic carbocycles. The molecular formula is C58H110O14. The minimum Gasteiger partial charge on any atom is -0.457 e. The van der Waals surface area contributed by atoms with E-state index in [2.05, 4.69) is 26.0 Å². The average molecular weight is 1030 g/mol. The van der Waals surface area contributed by atoms with E-state index in [1.165, 1.54) is 180 Å². The van der Waals surface area contributed by atoms with Gasteiger partial charge in [-0.25, -0.2) is 0 Å². The molecule has 72 heavy (non-hydrogen) atoms. The lowest BCUT2D eigenvalue weighted by molar-refractivity contribution is -0.332. The molecule has 0 saturated carbocycles. The zero-order chi connectivity index (χ0) is 52.3. The molecule has 2 fully saturated rings. The summed E-state index contributed by atoms with van der Waals surface area (Å²) < 4.78 is 34.4. The van der Waals surface area contributed by atoms with Crippen molar-refractivity contribution in [3.63, 3.8) is 0 Å². The highest BCUT2D eigenvalue weighted by molar-refractivity contribution is 5.69. The van der Waals surface area contributed by atoms with Crippen LogP contribution in [0.2, 0.25) is 0 Å². The standard InChI is InChI=1S/C58H110O14/c1-3-5-7-9-11-13-15-17-19-21-23-24-26-28-30-32-34-36-38-40-42-67-44-47(70-50(60)41-39-37-35-33-31-29-27-25-22-20-18-16-14-12-10-8-6-4-2)45-68-57-56(66)54(64)52(62)49(72-57)46-69-58-55(65)53(63)51(61)48(43-59)71-58/h20,22,47-49,51-59,61-66H,3-19,21,23-46H2,1-2H3/b22-20-. The molecule has 2 aliphatic rings. The Morgan fingerprint density at radius 1 is 0.444 bits per heavy atom. The van der Waals surface area contributed by atoms with Crippen LogP contribution in [-0.4, -0.2) is 142 Å². The van der Waals surface area contributed by atoms with Gasteiger partial charge in [-0.3, -0.25) is 4.79 Å². The van der Waals surface area contributed by atoms with Gasteiger partial charge in [-0.05, 0) is 38.5 Å². The molecule has 2 heterocycles. The third-order valence-electron chi connectivity index (χ3n) is 14.5. The van der Waals surface area contributed by atoms with Gasteiger partial charge in [-0.2, -0.15) is 0 Å². The van der Waals surface area contributed by atoms with Crippen LogP contribution in [0, 0.1) is 0 Å². The maximum atomic E-state index is 13.1. The summed E-state index contributed by atoms with van der Waals surface area (Å²) in [5.41, 5.74) is 0. The van der Waals surface area contributed by atoms with Gasteiger partial charge in [0.25, 0.3) is 0 Å². The van der Waals surface area contributed by atoms with Crippen molar-refractivity contribution in [2.75, 3.05) is 33.0 Å². The SMILES string of the molecule is CCCCCCCCC/C=C\CCCCCCCCCC(=O)OC(COCCCCCCCCCCCCCCCCCCCCCC)COC1OC(COC2OC(CO)C(O)C(O)C2O)C(O)C(O)C1O. The summed E-state index contributed by atoms with van der Waals surface area (Å²) in [6.07, 6.45) is 34.1. The number of aliphatic hydroxyl groups is 7. The Labute approximate surface area is 437 Å². The van der Waals surface area contributed by atoms with Crippen LogP contribution in [0.4, 0.5) is 0 Å². The van der Waals surface area contributed by atoms with Crippen LogP contribution in [0.1, 0.15) is 251 Å². The van der Waals surface area contributed by atoms with E-state index in [1.807, 2.05) is 0 Å². The molecule has 426 valence electrons. The molecule has 11 atom stereocenters. The van der Waals surface area contributed by atoms with Crippen LogP contribution in [0.3, 0.4) is 0 Å². The van der Waals surface area contributed by atoms with E-state index in [1.54, 1.807) is 0 Å². The van der Waals surface area contributed by atoms with Gasteiger partial charge >= 0.3 is 5.97 Å². The first-order valence-corrected chi connectivity index (χ1v) is 29.8. The van der Waals surface area contributed by atoms with Gasteiger partial charge in [0, 0.05) is 13.0 Å². The predicted molar refractivity (Wildman–Crippen MR) is 284 cm³/mol. The molecule has 0 bridgehead atoms. The molecule has 11 unspecified atom stereocenters. The fourth-order valence-corrected chi connectivity index (χ4v) is 9.69. The van der Waals surface area contributed by atoms with Crippen molar-refractivity contribution in [3.05, 3.63) is 12.2 Å². The van der Waals surface area contributed by atoms with Gasteiger partial charge in [0.15, 0.2) is 12.6 Å². The van der Waals surface area contributed by atoms with Crippen LogP contribution < -0.4 is 0 Å². The monoisotopic (exact) mass is 1030 g/mol. The number of hydrogen-bond donors (Lipinski definition) is 7. The smallest absolute Gasteiger partial charge is 0.306 e. The van der Waals surface area contributed by atoms with Crippen molar-refractivity contribution in [2.45, 2.75) is 319 Å². The van der Waals surface area contributed by atoms with Crippen molar-refractivity contribution in [1.82, 2.24) is 0 Å². The fraction of sp³-hybridized carbons (Fsp3) is 0.948. The first kappa shape index (κ1) is 66.8. The van der Waals surface area contributed by atoms with Gasteiger partial charge in [-0.15, -0.1) is 0 Å². The summed E-state index contributed by atoms with van der Waals surface area (Å²) in [4.78, 5) is 13.1. The number of aliphatic hydroxyl groups excluding tert-OH is 7. The van der Waals surface area contributed by atoms with E-state index in [9.17, 15) is 40.5 Å². The number of carbonyl (C=O) groups excluding carboxylic acids is 1. The molecule has 0 radical (unpaired) electrons. The minimum atomic E-state index is -1.70. The Morgan fingerprint density at radius 2 is 0.819 bits per heavy atom. The summed E-state index contributed by atoms with van der Waals surface area (Å²) in [5.74, 6) is -0.374. The lowest BCUT2D eigenvalue weighted by atomic mass is 9.98. The summed E-state index contributed by atoms with van der Waals surface area (Å²) in [6.45, 7) is 3.74. The highest BCUT2D eigenvalue weighted by Crippen LogP contribution is 2.27. The first-order valence-electron chi connectivity index (χ1n) is 29.8. The lowest BCUT2D eigenvalue weighted by Crippen LogP contribution is -2.61. The highest BCUT2D eigenvalue weighted by Gasteiger charge is 2.47. The molecular weight excluding hydrogens is 921 g/mol. The molecule has 0 aromatic rings.